The SMILES string of the molecule is O=C1CN(CC2CC2)CCN1c1ccnc(C(F)(F)F)c1. The second kappa shape index (κ2) is 5.29. The molecule has 1 aliphatic carbocycles. The maximum absolute atomic E-state index is 12.7. The number of hydrogen-bond acceptors (Lipinski definition) is 3. The van der Waals surface area contributed by atoms with Gasteiger partial charge in [-0.2, -0.15) is 13.2 Å². The third-order valence-electron chi connectivity index (χ3n) is 3.86. The number of alkyl halides is 3. The van der Waals surface area contributed by atoms with Crippen LogP contribution in [0.2, 0.25) is 0 Å². The van der Waals surface area contributed by atoms with Crippen molar-refractivity contribution in [1.29, 1.82) is 0 Å². The van der Waals surface area contributed by atoms with Crippen molar-refractivity contribution in [2.45, 2.75) is 19.0 Å². The van der Waals surface area contributed by atoms with Gasteiger partial charge >= 0.3 is 6.18 Å². The van der Waals surface area contributed by atoms with Gasteiger partial charge in [-0.05, 0) is 30.9 Å². The van der Waals surface area contributed by atoms with Crippen LogP contribution in [0, 0.1) is 5.92 Å². The molecule has 21 heavy (non-hydrogen) atoms. The number of rotatable bonds is 3. The largest absolute Gasteiger partial charge is 0.433 e. The minimum absolute atomic E-state index is 0.152. The molecule has 0 spiro atoms. The second-order valence-electron chi connectivity index (χ2n) is 5.62. The first-order valence-electron chi connectivity index (χ1n) is 6.99. The fourth-order valence-corrected chi connectivity index (χ4v) is 2.56. The van der Waals surface area contributed by atoms with E-state index in [2.05, 4.69) is 9.88 Å². The Balaban J connectivity index is 1.71. The number of halogens is 3. The van der Waals surface area contributed by atoms with Crippen molar-refractivity contribution < 1.29 is 18.0 Å². The molecule has 1 aromatic heterocycles. The molecule has 1 aromatic rings. The fraction of sp³-hybridized carbons (Fsp3) is 0.571. The number of hydrogen-bond donors (Lipinski definition) is 0. The molecule has 2 heterocycles. The van der Waals surface area contributed by atoms with Gasteiger partial charge in [0.1, 0.15) is 5.69 Å². The van der Waals surface area contributed by atoms with E-state index in [1.54, 1.807) is 0 Å². The maximum atomic E-state index is 12.7. The number of piperazine rings is 1. The fourth-order valence-electron chi connectivity index (χ4n) is 2.56. The van der Waals surface area contributed by atoms with Crippen LogP contribution in [-0.4, -0.2) is 42.0 Å². The van der Waals surface area contributed by atoms with E-state index in [4.69, 9.17) is 0 Å². The highest BCUT2D eigenvalue weighted by Gasteiger charge is 2.34. The zero-order chi connectivity index (χ0) is 15.0. The highest BCUT2D eigenvalue weighted by molar-refractivity contribution is 5.95. The van der Waals surface area contributed by atoms with Crippen LogP contribution >= 0.6 is 0 Å². The molecule has 0 unspecified atom stereocenters. The normalized spacial score (nSPS) is 20.9. The van der Waals surface area contributed by atoms with Gasteiger partial charge in [0, 0.05) is 31.5 Å². The molecule has 4 nitrogen and oxygen atoms in total. The summed E-state index contributed by atoms with van der Waals surface area (Å²) < 4.78 is 38.0. The first-order valence-corrected chi connectivity index (χ1v) is 6.99. The van der Waals surface area contributed by atoms with Crippen LogP contribution in [0.25, 0.3) is 0 Å². The standard InChI is InChI=1S/C14H16F3N3O/c15-14(16,17)12-7-11(3-4-18-12)20-6-5-19(9-13(20)21)8-10-1-2-10/h3-4,7,10H,1-2,5-6,8-9H2. The van der Waals surface area contributed by atoms with Crippen molar-refractivity contribution in [3.63, 3.8) is 0 Å². The van der Waals surface area contributed by atoms with Crippen molar-refractivity contribution in [2.75, 3.05) is 31.1 Å². The molecule has 1 amide bonds. The summed E-state index contributed by atoms with van der Waals surface area (Å²) in [6.45, 7) is 2.32. The highest BCUT2D eigenvalue weighted by Crippen LogP contribution is 2.32. The molecule has 0 bridgehead atoms. The molecule has 2 fully saturated rings. The summed E-state index contributed by atoms with van der Waals surface area (Å²) in [5, 5.41) is 0. The number of carbonyl (C=O) groups excluding carboxylic acids is 1. The maximum Gasteiger partial charge on any atom is 0.433 e. The Morgan fingerprint density at radius 3 is 2.67 bits per heavy atom. The van der Waals surface area contributed by atoms with E-state index >= 15 is 0 Å². The van der Waals surface area contributed by atoms with Crippen LogP contribution in [0.1, 0.15) is 18.5 Å². The zero-order valence-corrected chi connectivity index (χ0v) is 11.4. The van der Waals surface area contributed by atoms with E-state index in [1.807, 2.05) is 0 Å². The summed E-state index contributed by atoms with van der Waals surface area (Å²) in [7, 11) is 0. The van der Waals surface area contributed by atoms with Gasteiger partial charge in [-0.25, -0.2) is 0 Å². The molecule has 114 valence electrons. The Labute approximate surface area is 120 Å². The van der Waals surface area contributed by atoms with Crippen molar-refractivity contribution in [2.24, 2.45) is 5.92 Å². The van der Waals surface area contributed by atoms with Crippen molar-refractivity contribution in [3.8, 4) is 0 Å². The minimum atomic E-state index is -4.49. The number of pyridine rings is 1. The van der Waals surface area contributed by atoms with E-state index in [1.165, 1.54) is 23.8 Å². The first-order chi connectivity index (χ1) is 9.93. The Hall–Kier alpha value is -1.63. The predicted octanol–water partition coefficient (Wildman–Crippen LogP) is 2.16. The minimum Gasteiger partial charge on any atom is -0.310 e. The predicted molar refractivity (Wildman–Crippen MR) is 70.8 cm³/mol. The molecule has 3 rings (SSSR count). The van der Waals surface area contributed by atoms with Gasteiger partial charge in [-0.15, -0.1) is 0 Å². The van der Waals surface area contributed by atoms with Crippen LogP contribution in [0.3, 0.4) is 0 Å². The van der Waals surface area contributed by atoms with E-state index < -0.39 is 11.9 Å². The van der Waals surface area contributed by atoms with E-state index in [0.717, 1.165) is 18.8 Å². The molecule has 7 heteroatoms. The topological polar surface area (TPSA) is 36.4 Å². The third kappa shape index (κ3) is 3.34. The van der Waals surface area contributed by atoms with Crippen LogP contribution in [0.4, 0.5) is 18.9 Å². The lowest BCUT2D eigenvalue weighted by molar-refractivity contribution is -0.141. The molecule has 0 radical (unpaired) electrons. The van der Waals surface area contributed by atoms with E-state index in [9.17, 15) is 18.0 Å². The molecule has 1 saturated heterocycles. The monoisotopic (exact) mass is 299 g/mol. The summed E-state index contributed by atoms with van der Waals surface area (Å²) in [5.74, 6) is 0.545. The van der Waals surface area contributed by atoms with Gasteiger partial charge in [0.2, 0.25) is 5.91 Å². The second-order valence-corrected chi connectivity index (χ2v) is 5.62. The number of aromatic nitrogens is 1. The Morgan fingerprint density at radius 1 is 1.29 bits per heavy atom. The van der Waals surface area contributed by atoms with Crippen LogP contribution in [-0.2, 0) is 11.0 Å². The van der Waals surface area contributed by atoms with Crippen molar-refractivity contribution >= 4 is 11.6 Å². The van der Waals surface area contributed by atoms with E-state index in [0.29, 0.717) is 19.0 Å². The molecular formula is C14H16F3N3O. The zero-order valence-electron chi connectivity index (χ0n) is 11.4. The summed E-state index contributed by atoms with van der Waals surface area (Å²) in [6.07, 6.45) is -0.962. The summed E-state index contributed by atoms with van der Waals surface area (Å²) in [4.78, 5) is 19.0. The lowest BCUT2D eigenvalue weighted by Gasteiger charge is -2.34. The number of amides is 1. The lowest BCUT2D eigenvalue weighted by Crippen LogP contribution is -2.51. The van der Waals surface area contributed by atoms with Crippen LogP contribution < -0.4 is 4.90 Å². The molecule has 1 aliphatic heterocycles. The first kappa shape index (κ1) is 14.3. The molecule has 2 aliphatic rings. The van der Waals surface area contributed by atoms with Crippen molar-refractivity contribution in [3.05, 3.63) is 24.0 Å². The van der Waals surface area contributed by atoms with Gasteiger partial charge in [0.15, 0.2) is 0 Å². The van der Waals surface area contributed by atoms with Gasteiger partial charge in [0.05, 0.1) is 6.54 Å². The number of anilines is 1. The molecule has 1 saturated carbocycles. The molecular weight excluding hydrogens is 283 g/mol. The number of carbonyl (C=O) groups is 1. The lowest BCUT2D eigenvalue weighted by atomic mass is 10.2. The Bertz CT molecular complexity index is 543. The Morgan fingerprint density at radius 2 is 2.05 bits per heavy atom. The van der Waals surface area contributed by atoms with Gasteiger partial charge in [-0.1, -0.05) is 0 Å². The Kier molecular flexibility index (Phi) is 3.61. The average Bonchev–Trinajstić information content (AvgIpc) is 3.22. The molecule has 0 N–H and O–H groups in total. The summed E-state index contributed by atoms with van der Waals surface area (Å²) in [6, 6.07) is 2.39. The quantitative estimate of drug-likeness (QED) is 0.858. The summed E-state index contributed by atoms with van der Waals surface area (Å²) >= 11 is 0. The highest BCUT2D eigenvalue weighted by atomic mass is 19.4. The molecule has 0 aromatic carbocycles. The molecule has 0 atom stereocenters. The summed E-state index contributed by atoms with van der Waals surface area (Å²) in [5.41, 5.74) is -0.693. The van der Waals surface area contributed by atoms with E-state index in [-0.39, 0.29) is 18.1 Å². The van der Waals surface area contributed by atoms with Gasteiger partial charge in [0.25, 0.3) is 0 Å². The van der Waals surface area contributed by atoms with Crippen LogP contribution in [0.15, 0.2) is 18.3 Å². The smallest absolute Gasteiger partial charge is 0.310 e. The van der Waals surface area contributed by atoms with Crippen molar-refractivity contribution in [1.82, 2.24) is 9.88 Å². The van der Waals surface area contributed by atoms with Crippen LogP contribution in [0.5, 0.6) is 0 Å². The van der Waals surface area contributed by atoms with Gasteiger partial charge < -0.3 is 4.90 Å². The third-order valence-corrected chi connectivity index (χ3v) is 3.86. The average molecular weight is 299 g/mol. The van der Waals surface area contributed by atoms with Gasteiger partial charge in [-0.3, -0.25) is 14.7 Å². The number of nitrogens with zero attached hydrogens (tertiary/aromatic N) is 3.